The van der Waals surface area contributed by atoms with Crippen LogP contribution in [-0.4, -0.2) is 44.8 Å². The third kappa shape index (κ3) is 5.47. The highest BCUT2D eigenvalue weighted by molar-refractivity contribution is 5.93. The van der Waals surface area contributed by atoms with E-state index in [2.05, 4.69) is 4.74 Å². The average molecular weight is 276 g/mol. The first-order valence-electron chi connectivity index (χ1n) is 5.31. The fraction of sp³-hybridized carbons (Fsp3) is 0.636. The molecular weight excluding hydrogens is 260 g/mol. The lowest BCUT2D eigenvalue weighted by atomic mass is 9.95. The molecule has 0 aliphatic rings. The van der Waals surface area contributed by atoms with Gasteiger partial charge in [-0.15, -0.1) is 0 Å². The molecule has 0 aromatic carbocycles. The Kier molecular flexibility index (Phi) is 5.19. The zero-order valence-corrected chi connectivity index (χ0v) is 10.8. The first kappa shape index (κ1) is 17.0. The monoisotopic (exact) mass is 276 g/mol. The average Bonchev–Trinajstić information content (AvgIpc) is 2.13. The molecule has 1 unspecified atom stereocenters. The highest BCUT2D eigenvalue weighted by Crippen LogP contribution is 2.20. The van der Waals surface area contributed by atoms with Gasteiger partial charge in [0.2, 0.25) is 0 Å². The molecule has 108 valence electrons. The van der Waals surface area contributed by atoms with Gasteiger partial charge in [0, 0.05) is 0 Å². The van der Waals surface area contributed by atoms with E-state index in [-0.39, 0.29) is 0 Å². The standard InChI is InChI=1S/C11H16O8/c1-10(2,3)9(17)19-7(14)5-11(18,8(15)16)4-6(12)13/h18H,4-5H2,1-3H3,(H,12,13)(H,15,16). The van der Waals surface area contributed by atoms with Gasteiger partial charge in [-0.3, -0.25) is 14.4 Å². The van der Waals surface area contributed by atoms with Gasteiger partial charge in [-0.2, -0.15) is 0 Å². The molecule has 0 spiro atoms. The summed E-state index contributed by atoms with van der Waals surface area (Å²) in [5, 5.41) is 26.8. The number of carbonyl (C=O) groups is 4. The summed E-state index contributed by atoms with van der Waals surface area (Å²) in [6.07, 6.45) is -2.31. The van der Waals surface area contributed by atoms with Crippen molar-refractivity contribution in [1.29, 1.82) is 0 Å². The lowest BCUT2D eigenvalue weighted by Crippen LogP contribution is -2.43. The Morgan fingerprint density at radius 1 is 1.00 bits per heavy atom. The van der Waals surface area contributed by atoms with Crippen LogP contribution in [0.2, 0.25) is 0 Å². The summed E-state index contributed by atoms with van der Waals surface area (Å²) >= 11 is 0. The molecule has 1 atom stereocenters. The molecule has 0 amide bonds. The number of esters is 2. The van der Waals surface area contributed by atoms with E-state index in [1.165, 1.54) is 20.8 Å². The summed E-state index contributed by atoms with van der Waals surface area (Å²) in [4.78, 5) is 43.9. The lowest BCUT2D eigenvalue weighted by molar-refractivity contribution is -0.176. The van der Waals surface area contributed by atoms with E-state index in [0.717, 1.165) is 0 Å². The smallest absolute Gasteiger partial charge is 0.336 e. The molecule has 0 fully saturated rings. The summed E-state index contributed by atoms with van der Waals surface area (Å²) in [7, 11) is 0. The molecule has 0 aliphatic carbocycles. The van der Waals surface area contributed by atoms with E-state index in [1.807, 2.05) is 0 Å². The van der Waals surface area contributed by atoms with Crippen LogP contribution in [0, 0.1) is 5.41 Å². The first-order valence-corrected chi connectivity index (χ1v) is 5.31. The minimum Gasteiger partial charge on any atom is -0.481 e. The number of hydrogen-bond donors (Lipinski definition) is 3. The molecule has 3 N–H and O–H groups in total. The molecule has 0 bridgehead atoms. The van der Waals surface area contributed by atoms with Gasteiger partial charge in [-0.25, -0.2) is 4.79 Å². The maximum Gasteiger partial charge on any atom is 0.336 e. The molecule has 0 aromatic rings. The summed E-state index contributed by atoms with van der Waals surface area (Å²) in [5.74, 6) is -5.68. The third-order valence-corrected chi connectivity index (χ3v) is 2.10. The van der Waals surface area contributed by atoms with Crippen molar-refractivity contribution in [3.8, 4) is 0 Å². The van der Waals surface area contributed by atoms with Crippen LogP contribution >= 0.6 is 0 Å². The van der Waals surface area contributed by atoms with Gasteiger partial charge in [0.05, 0.1) is 18.3 Å². The van der Waals surface area contributed by atoms with E-state index >= 15 is 0 Å². The molecule has 0 rings (SSSR count). The Morgan fingerprint density at radius 2 is 1.47 bits per heavy atom. The topological polar surface area (TPSA) is 138 Å². The van der Waals surface area contributed by atoms with Crippen molar-refractivity contribution >= 4 is 23.9 Å². The molecule has 0 aromatic heterocycles. The quantitative estimate of drug-likeness (QED) is 0.463. The molecule has 0 heterocycles. The highest BCUT2D eigenvalue weighted by Gasteiger charge is 2.42. The molecule has 8 nitrogen and oxygen atoms in total. The molecule has 0 aliphatic heterocycles. The Balaban J connectivity index is 4.80. The Morgan fingerprint density at radius 3 is 1.79 bits per heavy atom. The van der Waals surface area contributed by atoms with Crippen molar-refractivity contribution in [2.75, 3.05) is 0 Å². The number of carboxylic acids is 2. The van der Waals surface area contributed by atoms with Gasteiger partial charge < -0.3 is 20.1 Å². The number of carbonyl (C=O) groups excluding carboxylic acids is 2. The van der Waals surface area contributed by atoms with Crippen LogP contribution in [0.25, 0.3) is 0 Å². The second-order valence-electron chi connectivity index (χ2n) is 5.10. The van der Waals surface area contributed by atoms with E-state index in [0.29, 0.717) is 0 Å². The zero-order chi connectivity index (χ0) is 15.4. The fourth-order valence-corrected chi connectivity index (χ4v) is 0.995. The number of rotatable bonds is 5. The van der Waals surface area contributed by atoms with E-state index in [9.17, 15) is 24.3 Å². The number of aliphatic carboxylic acids is 2. The van der Waals surface area contributed by atoms with E-state index < -0.39 is 47.7 Å². The fourth-order valence-electron chi connectivity index (χ4n) is 0.995. The van der Waals surface area contributed by atoms with Crippen molar-refractivity contribution in [2.45, 2.75) is 39.2 Å². The van der Waals surface area contributed by atoms with Crippen molar-refractivity contribution < 1.29 is 39.2 Å². The Bertz CT molecular complexity index is 405. The van der Waals surface area contributed by atoms with Gasteiger partial charge in [-0.1, -0.05) is 0 Å². The van der Waals surface area contributed by atoms with Gasteiger partial charge in [-0.05, 0) is 20.8 Å². The maximum absolute atomic E-state index is 11.4. The molecule has 0 saturated carbocycles. The van der Waals surface area contributed by atoms with Gasteiger partial charge in [0.1, 0.15) is 0 Å². The molecule has 0 radical (unpaired) electrons. The van der Waals surface area contributed by atoms with Gasteiger partial charge >= 0.3 is 23.9 Å². The summed E-state index contributed by atoms with van der Waals surface area (Å²) in [6, 6.07) is 0. The van der Waals surface area contributed by atoms with Crippen LogP contribution in [0.1, 0.15) is 33.6 Å². The molecule has 0 saturated heterocycles. The van der Waals surface area contributed by atoms with Crippen molar-refractivity contribution in [3.63, 3.8) is 0 Å². The van der Waals surface area contributed by atoms with Crippen molar-refractivity contribution in [1.82, 2.24) is 0 Å². The largest absolute Gasteiger partial charge is 0.481 e. The lowest BCUT2D eigenvalue weighted by Gasteiger charge is -2.21. The predicted molar refractivity (Wildman–Crippen MR) is 60.0 cm³/mol. The molecule has 8 heteroatoms. The summed E-state index contributed by atoms with van der Waals surface area (Å²) < 4.78 is 4.35. The van der Waals surface area contributed by atoms with Gasteiger partial charge in [0.15, 0.2) is 5.60 Å². The second kappa shape index (κ2) is 5.79. The number of aliphatic hydroxyl groups is 1. The first-order chi connectivity index (χ1) is 8.38. The Hall–Kier alpha value is -1.96. The minimum atomic E-state index is -2.80. The van der Waals surface area contributed by atoms with E-state index in [4.69, 9.17) is 10.2 Å². The zero-order valence-electron chi connectivity index (χ0n) is 10.8. The van der Waals surface area contributed by atoms with Crippen LogP contribution in [0.15, 0.2) is 0 Å². The molecular formula is C11H16O8. The van der Waals surface area contributed by atoms with Crippen molar-refractivity contribution in [2.24, 2.45) is 5.41 Å². The van der Waals surface area contributed by atoms with Gasteiger partial charge in [0.25, 0.3) is 0 Å². The summed E-state index contributed by atoms with van der Waals surface area (Å²) in [5.41, 5.74) is -3.79. The SMILES string of the molecule is CC(C)(C)C(=O)OC(=O)CC(O)(CC(=O)O)C(=O)O. The summed E-state index contributed by atoms with van der Waals surface area (Å²) in [6.45, 7) is 4.43. The van der Waals surface area contributed by atoms with Crippen LogP contribution in [0.5, 0.6) is 0 Å². The molecule has 19 heavy (non-hydrogen) atoms. The normalized spacial score (nSPS) is 14.3. The van der Waals surface area contributed by atoms with Crippen LogP contribution in [0.3, 0.4) is 0 Å². The highest BCUT2D eigenvalue weighted by atomic mass is 16.6. The van der Waals surface area contributed by atoms with E-state index in [1.54, 1.807) is 0 Å². The predicted octanol–water partition coefficient (Wildman–Crippen LogP) is -0.217. The minimum absolute atomic E-state index is 0.902. The maximum atomic E-state index is 11.4. The second-order valence-corrected chi connectivity index (χ2v) is 5.10. The van der Waals surface area contributed by atoms with Crippen LogP contribution < -0.4 is 0 Å². The number of ether oxygens (including phenoxy) is 1. The van der Waals surface area contributed by atoms with Crippen LogP contribution in [-0.2, 0) is 23.9 Å². The van der Waals surface area contributed by atoms with Crippen molar-refractivity contribution in [3.05, 3.63) is 0 Å². The number of hydrogen-bond acceptors (Lipinski definition) is 6. The Labute approximate surface area is 109 Å². The third-order valence-electron chi connectivity index (χ3n) is 2.10. The number of carboxylic acid groups (broad SMARTS) is 2. The van der Waals surface area contributed by atoms with Crippen LogP contribution in [0.4, 0.5) is 0 Å².